The van der Waals surface area contributed by atoms with Gasteiger partial charge in [0, 0.05) is 45.4 Å². The Bertz CT molecular complexity index is 540. The summed E-state index contributed by atoms with van der Waals surface area (Å²) >= 11 is 0. The number of aliphatic carboxylic acids is 1. The predicted octanol–water partition coefficient (Wildman–Crippen LogP) is 2.56. The van der Waals surface area contributed by atoms with Crippen molar-refractivity contribution in [2.75, 3.05) is 26.2 Å². The molecule has 0 rings (SSSR count). The van der Waals surface area contributed by atoms with E-state index in [4.69, 9.17) is 5.11 Å². The molecule has 3 N–H and O–H groups in total. The Kier molecular flexibility index (Phi) is 12.3. The summed E-state index contributed by atoms with van der Waals surface area (Å²) in [5.41, 5.74) is -0.166. The van der Waals surface area contributed by atoms with Gasteiger partial charge < -0.3 is 20.6 Å². The van der Waals surface area contributed by atoms with Gasteiger partial charge in [0.15, 0.2) is 0 Å². The standard InChI is InChI=1S/C22H41N3O5/c1-21(2,3)15-17(26)23-11-7-13-25(19(28)9-10-20(29)30)14-8-12-24-18(27)16-22(4,5)6/h7-16H2,1-6H3,(H,23,26)(H,24,27)(H,29,30). The molecule has 0 radical (unpaired) electrons. The summed E-state index contributed by atoms with van der Waals surface area (Å²) in [4.78, 5) is 48.5. The van der Waals surface area contributed by atoms with Crippen molar-refractivity contribution in [3.05, 3.63) is 0 Å². The number of carbonyl (C=O) groups is 4. The molecule has 0 bridgehead atoms. The van der Waals surface area contributed by atoms with Gasteiger partial charge in [0.25, 0.3) is 0 Å². The Hall–Kier alpha value is -2.12. The second-order valence-corrected chi connectivity index (χ2v) is 10.2. The van der Waals surface area contributed by atoms with Gasteiger partial charge in [-0.3, -0.25) is 19.2 Å². The Morgan fingerprint density at radius 1 is 0.733 bits per heavy atom. The summed E-state index contributed by atoms with van der Waals surface area (Å²) in [5.74, 6) is -1.27. The average Bonchev–Trinajstić information content (AvgIpc) is 2.54. The lowest BCUT2D eigenvalue weighted by Crippen LogP contribution is -2.37. The zero-order valence-corrected chi connectivity index (χ0v) is 19.6. The van der Waals surface area contributed by atoms with Gasteiger partial charge in [-0.25, -0.2) is 0 Å². The highest BCUT2D eigenvalue weighted by atomic mass is 16.4. The molecule has 3 amide bonds. The fourth-order valence-corrected chi connectivity index (χ4v) is 2.82. The maximum atomic E-state index is 12.4. The number of nitrogens with one attached hydrogen (secondary N) is 2. The van der Waals surface area contributed by atoms with Crippen LogP contribution in [0.25, 0.3) is 0 Å². The van der Waals surface area contributed by atoms with Crippen LogP contribution in [0, 0.1) is 10.8 Å². The summed E-state index contributed by atoms with van der Waals surface area (Å²) in [7, 11) is 0. The van der Waals surface area contributed by atoms with Crippen molar-refractivity contribution in [3.8, 4) is 0 Å². The lowest BCUT2D eigenvalue weighted by atomic mass is 9.92. The SMILES string of the molecule is CC(C)(C)CC(=O)NCCCN(CCCNC(=O)CC(C)(C)C)C(=O)CCC(=O)O. The van der Waals surface area contributed by atoms with Gasteiger partial charge >= 0.3 is 5.97 Å². The van der Waals surface area contributed by atoms with Crippen molar-refractivity contribution in [3.63, 3.8) is 0 Å². The maximum Gasteiger partial charge on any atom is 0.303 e. The quantitative estimate of drug-likeness (QED) is 0.391. The van der Waals surface area contributed by atoms with Gasteiger partial charge in [-0.2, -0.15) is 0 Å². The minimum Gasteiger partial charge on any atom is -0.481 e. The molecule has 0 aromatic rings. The molecule has 174 valence electrons. The summed E-state index contributed by atoms with van der Waals surface area (Å²) in [5, 5.41) is 14.5. The lowest BCUT2D eigenvalue weighted by molar-refractivity contribution is -0.141. The number of nitrogens with zero attached hydrogens (tertiary/aromatic N) is 1. The number of hydrogen-bond acceptors (Lipinski definition) is 4. The number of carboxylic acid groups (broad SMARTS) is 1. The zero-order chi connectivity index (χ0) is 23.4. The van der Waals surface area contributed by atoms with Crippen LogP contribution in [0.15, 0.2) is 0 Å². The van der Waals surface area contributed by atoms with E-state index in [9.17, 15) is 19.2 Å². The molecule has 0 fully saturated rings. The Labute approximate surface area is 181 Å². The van der Waals surface area contributed by atoms with Crippen LogP contribution in [0.5, 0.6) is 0 Å². The zero-order valence-electron chi connectivity index (χ0n) is 19.6. The number of amides is 3. The van der Waals surface area contributed by atoms with E-state index in [1.54, 1.807) is 4.90 Å². The molecule has 0 saturated carbocycles. The molecule has 8 nitrogen and oxygen atoms in total. The van der Waals surface area contributed by atoms with E-state index < -0.39 is 5.97 Å². The molecule has 0 atom stereocenters. The molecular formula is C22H41N3O5. The Morgan fingerprint density at radius 3 is 1.47 bits per heavy atom. The monoisotopic (exact) mass is 427 g/mol. The van der Waals surface area contributed by atoms with Crippen LogP contribution in [0.2, 0.25) is 0 Å². The molecule has 0 heterocycles. The largest absolute Gasteiger partial charge is 0.481 e. The van der Waals surface area contributed by atoms with Gasteiger partial charge in [0.2, 0.25) is 17.7 Å². The van der Waals surface area contributed by atoms with Crippen LogP contribution in [0.1, 0.15) is 80.1 Å². The maximum absolute atomic E-state index is 12.4. The topological polar surface area (TPSA) is 116 Å². The van der Waals surface area contributed by atoms with Crippen LogP contribution < -0.4 is 10.6 Å². The summed E-state index contributed by atoms with van der Waals surface area (Å²) < 4.78 is 0. The second kappa shape index (κ2) is 13.2. The predicted molar refractivity (Wildman–Crippen MR) is 117 cm³/mol. The lowest BCUT2D eigenvalue weighted by Gasteiger charge is -2.23. The fourth-order valence-electron chi connectivity index (χ4n) is 2.82. The molecule has 0 aromatic carbocycles. The third-order valence-corrected chi connectivity index (χ3v) is 4.14. The van der Waals surface area contributed by atoms with Crippen LogP contribution in [-0.2, 0) is 19.2 Å². The third kappa shape index (κ3) is 16.8. The smallest absolute Gasteiger partial charge is 0.303 e. The van der Waals surface area contributed by atoms with Crippen LogP contribution >= 0.6 is 0 Å². The van der Waals surface area contributed by atoms with Gasteiger partial charge in [0.1, 0.15) is 0 Å². The minimum absolute atomic E-state index is 0.0205. The van der Waals surface area contributed by atoms with Crippen LogP contribution in [0.4, 0.5) is 0 Å². The summed E-state index contributed by atoms with van der Waals surface area (Å²) in [6, 6.07) is 0. The van der Waals surface area contributed by atoms with E-state index in [0.717, 1.165) is 0 Å². The molecule has 0 aliphatic rings. The minimum atomic E-state index is -1.01. The van der Waals surface area contributed by atoms with Crippen molar-refractivity contribution >= 4 is 23.7 Å². The second-order valence-electron chi connectivity index (χ2n) is 10.2. The molecule has 0 saturated heterocycles. The molecule has 0 aromatic heterocycles. The molecule has 0 spiro atoms. The highest BCUT2D eigenvalue weighted by molar-refractivity contribution is 5.80. The Balaban J connectivity index is 4.44. The van der Waals surface area contributed by atoms with Crippen LogP contribution in [-0.4, -0.2) is 59.9 Å². The highest BCUT2D eigenvalue weighted by Gasteiger charge is 2.18. The molecule has 30 heavy (non-hydrogen) atoms. The van der Waals surface area contributed by atoms with Crippen molar-refractivity contribution < 1.29 is 24.3 Å². The summed E-state index contributed by atoms with van der Waals surface area (Å²) in [6.07, 6.45) is 1.78. The highest BCUT2D eigenvalue weighted by Crippen LogP contribution is 2.18. The third-order valence-electron chi connectivity index (χ3n) is 4.14. The van der Waals surface area contributed by atoms with Crippen molar-refractivity contribution in [1.29, 1.82) is 0 Å². The first-order chi connectivity index (χ1) is 13.7. The normalized spacial score (nSPS) is 11.7. The molecular weight excluding hydrogens is 386 g/mol. The molecule has 8 heteroatoms. The van der Waals surface area contributed by atoms with Gasteiger partial charge in [-0.1, -0.05) is 41.5 Å². The molecule has 0 aliphatic heterocycles. The Morgan fingerprint density at radius 2 is 1.13 bits per heavy atom. The van der Waals surface area contributed by atoms with E-state index in [-0.39, 0.29) is 41.4 Å². The van der Waals surface area contributed by atoms with Crippen LogP contribution in [0.3, 0.4) is 0 Å². The first-order valence-corrected chi connectivity index (χ1v) is 10.7. The van der Waals surface area contributed by atoms with Gasteiger partial charge in [-0.05, 0) is 23.7 Å². The number of hydrogen-bond donors (Lipinski definition) is 3. The van der Waals surface area contributed by atoms with Gasteiger partial charge in [-0.15, -0.1) is 0 Å². The average molecular weight is 428 g/mol. The van der Waals surface area contributed by atoms with E-state index in [1.165, 1.54) is 0 Å². The van der Waals surface area contributed by atoms with E-state index in [1.807, 2.05) is 41.5 Å². The van der Waals surface area contributed by atoms with Crippen molar-refractivity contribution in [2.24, 2.45) is 10.8 Å². The van der Waals surface area contributed by atoms with Gasteiger partial charge in [0.05, 0.1) is 6.42 Å². The number of carbonyl (C=O) groups excluding carboxylic acids is 3. The molecule has 0 aliphatic carbocycles. The number of carboxylic acids is 1. The fraction of sp³-hybridized carbons (Fsp3) is 0.818. The first kappa shape index (κ1) is 27.9. The van der Waals surface area contributed by atoms with Crippen molar-refractivity contribution in [1.82, 2.24) is 15.5 Å². The van der Waals surface area contributed by atoms with Crippen molar-refractivity contribution in [2.45, 2.75) is 80.1 Å². The summed E-state index contributed by atoms with van der Waals surface area (Å²) in [6.45, 7) is 13.8. The number of rotatable bonds is 13. The van der Waals surface area contributed by atoms with E-state index >= 15 is 0 Å². The molecule has 0 unspecified atom stereocenters. The van der Waals surface area contributed by atoms with E-state index in [0.29, 0.717) is 51.9 Å². The first-order valence-electron chi connectivity index (χ1n) is 10.7. The van der Waals surface area contributed by atoms with E-state index in [2.05, 4.69) is 10.6 Å².